The van der Waals surface area contributed by atoms with Gasteiger partial charge in [-0.3, -0.25) is 4.79 Å². The molecule has 1 amide bonds. The van der Waals surface area contributed by atoms with Crippen LogP contribution in [0.1, 0.15) is 43.4 Å². The van der Waals surface area contributed by atoms with Crippen LogP contribution in [-0.2, 0) is 9.53 Å². The number of piperazine rings is 1. The molecule has 1 aromatic carbocycles. The van der Waals surface area contributed by atoms with Gasteiger partial charge >= 0.3 is 0 Å². The zero-order chi connectivity index (χ0) is 24.2. The van der Waals surface area contributed by atoms with Crippen molar-refractivity contribution >= 4 is 11.7 Å². The second-order valence-electron chi connectivity index (χ2n) is 8.84. The highest BCUT2D eigenvalue weighted by atomic mass is 16.5. The largest absolute Gasteiger partial charge is 0.496 e. The van der Waals surface area contributed by atoms with Crippen molar-refractivity contribution < 1.29 is 19.0 Å². The molecule has 4 rings (SSSR count). The number of methoxy groups -OCH3 is 3. The van der Waals surface area contributed by atoms with E-state index in [9.17, 15) is 10.1 Å². The summed E-state index contributed by atoms with van der Waals surface area (Å²) >= 11 is 0. The standard InChI is InChI=1S/C26H32N4O4/c1-17-16-29(11-12-30(17)23(31)10-13-32-2)26-19(15-27)14-20(25(28-26)18-8-9-18)24-21(33-3)6-5-7-22(24)34-4/h5-7,14,17-18H,8-13,16H2,1-4H3/t17-/m1/s1. The Morgan fingerprint density at radius 3 is 2.44 bits per heavy atom. The summed E-state index contributed by atoms with van der Waals surface area (Å²) in [6.07, 6.45) is 2.52. The predicted molar refractivity (Wildman–Crippen MR) is 129 cm³/mol. The zero-order valence-corrected chi connectivity index (χ0v) is 20.3. The van der Waals surface area contributed by atoms with Gasteiger partial charge in [0.25, 0.3) is 0 Å². The minimum absolute atomic E-state index is 0.0183. The van der Waals surface area contributed by atoms with Gasteiger partial charge in [0.2, 0.25) is 5.91 Å². The summed E-state index contributed by atoms with van der Waals surface area (Å²) in [5, 5.41) is 10.1. The molecule has 1 aromatic heterocycles. The molecule has 0 N–H and O–H groups in total. The van der Waals surface area contributed by atoms with Gasteiger partial charge in [0, 0.05) is 44.3 Å². The van der Waals surface area contributed by atoms with Crippen LogP contribution in [0.4, 0.5) is 5.82 Å². The maximum atomic E-state index is 12.5. The Hall–Kier alpha value is -3.31. The second-order valence-corrected chi connectivity index (χ2v) is 8.84. The van der Waals surface area contributed by atoms with E-state index in [2.05, 4.69) is 11.0 Å². The third kappa shape index (κ3) is 4.66. The average Bonchev–Trinajstić information content (AvgIpc) is 3.71. The van der Waals surface area contributed by atoms with Crippen LogP contribution in [0.5, 0.6) is 11.5 Å². The first kappa shape index (κ1) is 23.8. The number of amides is 1. The molecule has 1 saturated heterocycles. The van der Waals surface area contributed by atoms with Gasteiger partial charge in [-0.15, -0.1) is 0 Å². The average molecular weight is 465 g/mol. The van der Waals surface area contributed by atoms with Gasteiger partial charge in [-0.2, -0.15) is 5.26 Å². The third-order valence-electron chi connectivity index (χ3n) is 6.58. The van der Waals surface area contributed by atoms with Crippen LogP contribution < -0.4 is 14.4 Å². The van der Waals surface area contributed by atoms with E-state index in [1.807, 2.05) is 36.1 Å². The molecule has 8 heteroatoms. The molecule has 1 saturated carbocycles. The first-order valence-electron chi connectivity index (χ1n) is 11.7. The van der Waals surface area contributed by atoms with Crippen molar-refractivity contribution in [3.8, 4) is 28.7 Å². The number of ether oxygens (including phenoxy) is 3. The quantitative estimate of drug-likeness (QED) is 0.590. The lowest BCUT2D eigenvalue weighted by Crippen LogP contribution is -2.54. The Balaban J connectivity index is 1.70. The zero-order valence-electron chi connectivity index (χ0n) is 20.3. The number of hydrogen-bond donors (Lipinski definition) is 0. The first-order valence-corrected chi connectivity index (χ1v) is 11.7. The molecule has 2 fully saturated rings. The molecule has 1 aliphatic heterocycles. The molecule has 2 aliphatic rings. The lowest BCUT2D eigenvalue weighted by Gasteiger charge is -2.41. The van der Waals surface area contributed by atoms with Crippen LogP contribution in [0, 0.1) is 11.3 Å². The normalized spacial score (nSPS) is 17.9. The molecule has 0 unspecified atom stereocenters. The molecule has 0 bridgehead atoms. The Bertz CT molecular complexity index is 1070. The van der Waals surface area contributed by atoms with Gasteiger partial charge in [0.05, 0.1) is 44.1 Å². The van der Waals surface area contributed by atoms with E-state index in [0.29, 0.717) is 61.5 Å². The van der Waals surface area contributed by atoms with E-state index in [1.165, 1.54) is 0 Å². The molecule has 0 radical (unpaired) electrons. The number of pyridine rings is 1. The van der Waals surface area contributed by atoms with Gasteiger partial charge in [0.15, 0.2) is 0 Å². The maximum Gasteiger partial charge on any atom is 0.225 e. The van der Waals surface area contributed by atoms with E-state index in [4.69, 9.17) is 19.2 Å². The van der Waals surface area contributed by atoms with Gasteiger partial charge < -0.3 is 24.0 Å². The number of benzene rings is 1. The number of anilines is 1. The minimum Gasteiger partial charge on any atom is -0.496 e. The highest BCUT2D eigenvalue weighted by Crippen LogP contribution is 2.48. The number of nitriles is 1. The van der Waals surface area contributed by atoms with Crippen molar-refractivity contribution in [2.75, 3.05) is 52.5 Å². The van der Waals surface area contributed by atoms with Crippen LogP contribution in [-0.4, -0.2) is 69.4 Å². The van der Waals surface area contributed by atoms with Gasteiger partial charge in [-0.05, 0) is 38.0 Å². The molecule has 180 valence electrons. The van der Waals surface area contributed by atoms with E-state index in [-0.39, 0.29) is 11.9 Å². The molecule has 34 heavy (non-hydrogen) atoms. The predicted octanol–water partition coefficient (Wildman–Crippen LogP) is 3.59. The Kier molecular flexibility index (Phi) is 7.23. The highest BCUT2D eigenvalue weighted by molar-refractivity contribution is 5.82. The van der Waals surface area contributed by atoms with Crippen LogP contribution in [0.2, 0.25) is 0 Å². The molecule has 0 spiro atoms. The number of carbonyl (C=O) groups is 1. The van der Waals surface area contributed by atoms with Crippen molar-refractivity contribution in [1.29, 1.82) is 5.26 Å². The van der Waals surface area contributed by atoms with Crippen LogP contribution in [0.3, 0.4) is 0 Å². The summed E-state index contributed by atoms with van der Waals surface area (Å²) < 4.78 is 16.4. The van der Waals surface area contributed by atoms with Crippen molar-refractivity contribution in [2.45, 2.75) is 38.1 Å². The van der Waals surface area contributed by atoms with Crippen molar-refractivity contribution in [3.05, 3.63) is 35.5 Å². The number of nitrogens with zero attached hydrogens (tertiary/aromatic N) is 4. The first-order chi connectivity index (χ1) is 16.5. The van der Waals surface area contributed by atoms with Gasteiger partial charge in [0.1, 0.15) is 23.4 Å². The second kappa shape index (κ2) is 10.3. The summed E-state index contributed by atoms with van der Waals surface area (Å²) in [4.78, 5) is 21.7. The Morgan fingerprint density at radius 1 is 1.18 bits per heavy atom. The summed E-state index contributed by atoms with van der Waals surface area (Å²) in [6, 6.07) is 9.99. The van der Waals surface area contributed by atoms with Crippen LogP contribution in [0.25, 0.3) is 11.1 Å². The molecule has 2 heterocycles. The Morgan fingerprint density at radius 2 is 1.88 bits per heavy atom. The Labute approximate surface area is 201 Å². The lowest BCUT2D eigenvalue weighted by molar-refractivity contribution is -0.134. The number of aromatic nitrogens is 1. The van der Waals surface area contributed by atoms with Crippen molar-refractivity contribution in [3.63, 3.8) is 0 Å². The fourth-order valence-electron chi connectivity index (χ4n) is 4.68. The number of carbonyl (C=O) groups excluding carboxylic acids is 1. The molecular weight excluding hydrogens is 432 g/mol. The minimum atomic E-state index is 0.0183. The topological polar surface area (TPSA) is 87.9 Å². The SMILES string of the molecule is COCCC(=O)N1CCN(c2nc(C3CC3)c(-c3c(OC)cccc3OC)cc2C#N)C[C@H]1C. The molecule has 2 aromatic rings. The van der Waals surface area contributed by atoms with E-state index in [1.54, 1.807) is 21.3 Å². The van der Waals surface area contributed by atoms with E-state index < -0.39 is 0 Å². The highest BCUT2D eigenvalue weighted by Gasteiger charge is 2.34. The van der Waals surface area contributed by atoms with Crippen LogP contribution in [0.15, 0.2) is 24.3 Å². The molecular formula is C26H32N4O4. The summed E-state index contributed by atoms with van der Waals surface area (Å²) in [5.74, 6) is 2.52. The van der Waals surface area contributed by atoms with Gasteiger partial charge in [-0.25, -0.2) is 4.98 Å². The monoisotopic (exact) mass is 464 g/mol. The third-order valence-corrected chi connectivity index (χ3v) is 6.58. The summed E-state index contributed by atoms with van der Waals surface area (Å²) in [5.41, 5.74) is 3.20. The fourth-order valence-corrected chi connectivity index (χ4v) is 4.68. The lowest BCUT2D eigenvalue weighted by atomic mass is 9.97. The smallest absolute Gasteiger partial charge is 0.225 e. The molecule has 1 aliphatic carbocycles. The van der Waals surface area contributed by atoms with E-state index in [0.717, 1.165) is 29.7 Å². The molecule has 1 atom stereocenters. The van der Waals surface area contributed by atoms with Gasteiger partial charge in [-0.1, -0.05) is 6.07 Å². The fraction of sp³-hybridized carbons (Fsp3) is 0.500. The maximum absolute atomic E-state index is 12.5. The summed E-state index contributed by atoms with van der Waals surface area (Å²) in [7, 11) is 4.87. The van der Waals surface area contributed by atoms with E-state index >= 15 is 0 Å². The van der Waals surface area contributed by atoms with Crippen LogP contribution >= 0.6 is 0 Å². The number of hydrogen-bond acceptors (Lipinski definition) is 7. The number of rotatable bonds is 8. The van der Waals surface area contributed by atoms with Crippen molar-refractivity contribution in [2.24, 2.45) is 0 Å². The molecule has 8 nitrogen and oxygen atoms in total. The summed E-state index contributed by atoms with van der Waals surface area (Å²) in [6.45, 7) is 4.31. The van der Waals surface area contributed by atoms with Crippen molar-refractivity contribution in [1.82, 2.24) is 9.88 Å².